The molecule has 0 bridgehead atoms. The van der Waals surface area contributed by atoms with Gasteiger partial charge in [0.25, 0.3) is 5.91 Å². The second kappa shape index (κ2) is 10.5. The van der Waals surface area contributed by atoms with Gasteiger partial charge < -0.3 is 29.1 Å². The zero-order chi connectivity index (χ0) is 22.3. The number of hydrogen-bond acceptors (Lipinski definition) is 6. The number of halogens is 3. The van der Waals surface area contributed by atoms with Gasteiger partial charge in [0.1, 0.15) is 0 Å². The molecule has 2 heterocycles. The van der Waals surface area contributed by atoms with E-state index < -0.39 is 12.1 Å². The highest BCUT2D eigenvalue weighted by atomic mass is 19.4. The first-order valence-corrected chi connectivity index (χ1v) is 9.25. The smallest absolute Gasteiger partial charge is 0.490 e. The number of benzene rings is 1. The number of fused-ring (bicyclic) bond motifs is 1. The van der Waals surface area contributed by atoms with Gasteiger partial charge in [0.2, 0.25) is 0 Å². The Morgan fingerprint density at radius 3 is 2.43 bits per heavy atom. The molecule has 168 valence electrons. The first-order valence-electron chi connectivity index (χ1n) is 9.25. The minimum Gasteiger partial charge on any atom is -0.493 e. The van der Waals surface area contributed by atoms with Gasteiger partial charge in [-0.25, -0.2) is 4.79 Å². The summed E-state index contributed by atoms with van der Waals surface area (Å²) in [5, 5.41) is 7.12. The molecule has 0 radical (unpaired) electrons. The van der Waals surface area contributed by atoms with Gasteiger partial charge in [-0.05, 0) is 19.2 Å². The number of carboxylic acid groups (broad SMARTS) is 1. The molecule has 2 atom stereocenters. The SMILES string of the molecule is COc1ccccc1OCC(=O)N1C[C@@H]2CN(C)CCO[C@@H]2C1.O=C(O)C(F)(F)F. The predicted octanol–water partition coefficient (Wildman–Crippen LogP) is 1.50. The molecule has 0 spiro atoms. The number of rotatable bonds is 4. The van der Waals surface area contributed by atoms with Gasteiger partial charge in [0.05, 0.1) is 19.8 Å². The van der Waals surface area contributed by atoms with Crippen LogP contribution in [0.4, 0.5) is 13.2 Å². The standard InChI is InChI=1S/C17H24N2O4.C2HF3O2/c1-18-7-8-22-16-11-19(10-13(16)9-18)17(20)12-23-15-6-4-3-5-14(15)21-2;3-2(4,5)1(6)7/h3-6,13,16H,7-12H2,1-2H3;(H,6,7)/t13-,16+;/m0./s1. The number of likely N-dealkylation sites (N-methyl/N-ethyl adjacent to an activating group) is 1. The summed E-state index contributed by atoms with van der Waals surface area (Å²) in [5.41, 5.74) is 0. The highest BCUT2D eigenvalue weighted by Crippen LogP contribution is 2.27. The molecule has 11 heteroatoms. The molecule has 0 aliphatic carbocycles. The maximum Gasteiger partial charge on any atom is 0.490 e. The van der Waals surface area contributed by atoms with Crippen LogP contribution >= 0.6 is 0 Å². The largest absolute Gasteiger partial charge is 0.493 e. The van der Waals surface area contributed by atoms with Crippen LogP contribution in [-0.2, 0) is 14.3 Å². The average Bonchev–Trinajstić information content (AvgIpc) is 3.00. The summed E-state index contributed by atoms with van der Waals surface area (Å²) in [6, 6.07) is 7.35. The van der Waals surface area contributed by atoms with Gasteiger partial charge in [-0.2, -0.15) is 13.2 Å². The third kappa shape index (κ3) is 6.77. The number of methoxy groups -OCH3 is 1. The molecule has 2 aliphatic heterocycles. The van der Waals surface area contributed by atoms with Crippen molar-refractivity contribution in [2.75, 3.05) is 53.6 Å². The van der Waals surface area contributed by atoms with Gasteiger partial charge in [-0.1, -0.05) is 12.1 Å². The molecule has 1 amide bonds. The molecule has 0 saturated carbocycles. The van der Waals surface area contributed by atoms with Gasteiger partial charge in [0.15, 0.2) is 18.1 Å². The van der Waals surface area contributed by atoms with E-state index in [4.69, 9.17) is 24.1 Å². The number of hydrogen-bond donors (Lipinski definition) is 1. The van der Waals surface area contributed by atoms with E-state index in [0.29, 0.717) is 24.0 Å². The molecule has 2 saturated heterocycles. The first kappa shape index (κ1) is 23.7. The van der Waals surface area contributed by atoms with Crippen LogP contribution in [0.5, 0.6) is 11.5 Å². The Hall–Kier alpha value is -2.53. The van der Waals surface area contributed by atoms with E-state index in [9.17, 15) is 18.0 Å². The van der Waals surface area contributed by atoms with E-state index in [1.165, 1.54) is 0 Å². The molecule has 2 fully saturated rings. The topological polar surface area (TPSA) is 88.5 Å². The van der Waals surface area contributed by atoms with Crippen molar-refractivity contribution >= 4 is 11.9 Å². The number of amides is 1. The summed E-state index contributed by atoms with van der Waals surface area (Å²) in [4.78, 5) is 25.4. The lowest BCUT2D eigenvalue weighted by Crippen LogP contribution is -2.35. The number of alkyl halides is 3. The Morgan fingerprint density at radius 2 is 1.83 bits per heavy atom. The summed E-state index contributed by atoms with van der Waals surface area (Å²) in [7, 11) is 3.69. The number of likely N-dealkylation sites (tertiary alicyclic amines) is 1. The Bertz CT molecular complexity index is 730. The van der Waals surface area contributed by atoms with Crippen LogP contribution in [0.2, 0.25) is 0 Å². The van der Waals surface area contributed by atoms with Crippen LogP contribution < -0.4 is 9.47 Å². The fourth-order valence-corrected chi connectivity index (χ4v) is 3.23. The zero-order valence-electron chi connectivity index (χ0n) is 16.7. The maximum atomic E-state index is 12.4. The molecule has 0 aromatic heterocycles. The number of carbonyl (C=O) groups excluding carboxylic acids is 1. The maximum absolute atomic E-state index is 12.4. The van der Waals surface area contributed by atoms with Crippen LogP contribution in [0.15, 0.2) is 24.3 Å². The number of carbonyl (C=O) groups is 2. The first-order chi connectivity index (χ1) is 14.1. The summed E-state index contributed by atoms with van der Waals surface area (Å²) in [5.74, 6) is -1.15. The predicted molar refractivity (Wildman–Crippen MR) is 99.5 cm³/mol. The highest BCUT2D eigenvalue weighted by Gasteiger charge is 2.38. The van der Waals surface area contributed by atoms with Crippen molar-refractivity contribution in [2.45, 2.75) is 12.3 Å². The summed E-state index contributed by atoms with van der Waals surface area (Å²) < 4.78 is 48.5. The zero-order valence-corrected chi connectivity index (χ0v) is 16.7. The minimum absolute atomic E-state index is 0.00441. The van der Waals surface area contributed by atoms with Crippen LogP contribution in [0.25, 0.3) is 0 Å². The molecular formula is C19H25F3N2O6. The quantitative estimate of drug-likeness (QED) is 0.768. The Morgan fingerprint density at radius 1 is 1.20 bits per heavy atom. The van der Waals surface area contributed by atoms with Crippen molar-refractivity contribution in [3.63, 3.8) is 0 Å². The molecular weight excluding hydrogens is 409 g/mol. The summed E-state index contributed by atoms with van der Waals surface area (Å²) in [6.07, 6.45) is -4.94. The van der Waals surface area contributed by atoms with Crippen molar-refractivity contribution in [1.82, 2.24) is 9.80 Å². The van der Waals surface area contributed by atoms with Gasteiger partial charge in [0, 0.05) is 32.1 Å². The van der Waals surface area contributed by atoms with E-state index in [1.54, 1.807) is 13.2 Å². The highest BCUT2D eigenvalue weighted by molar-refractivity contribution is 5.78. The lowest BCUT2D eigenvalue weighted by molar-refractivity contribution is -0.192. The lowest BCUT2D eigenvalue weighted by Gasteiger charge is -2.19. The lowest BCUT2D eigenvalue weighted by atomic mass is 10.1. The second-order valence-corrected chi connectivity index (χ2v) is 6.97. The van der Waals surface area contributed by atoms with Crippen LogP contribution in [0, 0.1) is 5.92 Å². The van der Waals surface area contributed by atoms with Crippen LogP contribution in [0.3, 0.4) is 0 Å². The summed E-state index contributed by atoms with van der Waals surface area (Å²) >= 11 is 0. The normalized spacial score (nSPS) is 21.7. The molecule has 0 unspecified atom stereocenters. The molecule has 1 aromatic rings. The number of aliphatic carboxylic acids is 1. The molecule has 2 aliphatic rings. The third-order valence-electron chi connectivity index (χ3n) is 4.75. The van der Waals surface area contributed by atoms with E-state index >= 15 is 0 Å². The third-order valence-corrected chi connectivity index (χ3v) is 4.75. The monoisotopic (exact) mass is 434 g/mol. The van der Waals surface area contributed by atoms with E-state index in [1.807, 2.05) is 23.1 Å². The van der Waals surface area contributed by atoms with Crippen molar-refractivity contribution in [1.29, 1.82) is 0 Å². The number of carboxylic acids is 1. The molecule has 1 N–H and O–H groups in total. The number of ether oxygens (including phenoxy) is 3. The number of nitrogens with zero attached hydrogens (tertiary/aromatic N) is 2. The molecule has 30 heavy (non-hydrogen) atoms. The van der Waals surface area contributed by atoms with Gasteiger partial charge >= 0.3 is 12.1 Å². The van der Waals surface area contributed by atoms with Gasteiger partial charge in [-0.3, -0.25) is 4.79 Å². The molecule has 1 aromatic carbocycles. The van der Waals surface area contributed by atoms with Crippen molar-refractivity contribution in [3.8, 4) is 11.5 Å². The Kier molecular flexibility index (Phi) is 8.30. The van der Waals surface area contributed by atoms with Crippen LogP contribution in [0.1, 0.15) is 0 Å². The van der Waals surface area contributed by atoms with Crippen molar-refractivity contribution in [2.24, 2.45) is 5.92 Å². The van der Waals surface area contributed by atoms with E-state index in [2.05, 4.69) is 11.9 Å². The van der Waals surface area contributed by atoms with E-state index in [-0.39, 0.29) is 18.6 Å². The van der Waals surface area contributed by atoms with Crippen molar-refractivity contribution in [3.05, 3.63) is 24.3 Å². The minimum atomic E-state index is -5.08. The Balaban J connectivity index is 0.000000396. The van der Waals surface area contributed by atoms with E-state index in [0.717, 1.165) is 26.2 Å². The second-order valence-electron chi connectivity index (χ2n) is 6.97. The Labute approximate surface area is 172 Å². The summed E-state index contributed by atoms with van der Waals surface area (Å²) in [6.45, 7) is 4.09. The average molecular weight is 434 g/mol. The molecule has 3 rings (SSSR count). The molecule has 8 nitrogen and oxygen atoms in total. The van der Waals surface area contributed by atoms with Gasteiger partial charge in [-0.15, -0.1) is 0 Å². The van der Waals surface area contributed by atoms with Crippen molar-refractivity contribution < 1.29 is 42.1 Å². The number of para-hydroxylation sites is 2. The van der Waals surface area contributed by atoms with Crippen LogP contribution in [-0.4, -0.2) is 92.6 Å². The fraction of sp³-hybridized carbons (Fsp3) is 0.579. The fourth-order valence-electron chi connectivity index (χ4n) is 3.23.